The van der Waals surface area contributed by atoms with Crippen LogP contribution in [0.3, 0.4) is 0 Å². The number of amides is 1. The molecule has 0 aliphatic heterocycles. The number of carbonyl (C=O) groups is 1. The fourth-order valence-corrected chi connectivity index (χ4v) is 1.97. The fraction of sp³-hybridized carbons (Fsp3) is 0.133. The monoisotopic (exact) mass is 293 g/mol. The molecule has 2 N–H and O–H groups in total. The van der Waals surface area contributed by atoms with Gasteiger partial charge in [0.2, 0.25) is 0 Å². The van der Waals surface area contributed by atoms with Gasteiger partial charge in [0.05, 0.1) is 10.6 Å². The summed E-state index contributed by atoms with van der Waals surface area (Å²) in [6.07, 6.45) is 0.559. The number of aliphatic hydroxyl groups excluding tert-OH is 1. The summed E-state index contributed by atoms with van der Waals surface area (Å²) in [6, 6.07) is 11.1. The second kappa shape index (κ2) is 6.50. The average Bonchev–Trinajstić information content (AvgIpc) is 2.44. The highest BCUT2D eigenvalue weighted by molar-refractivity contribution is 6.34. The van der Waals surface area contributed by atoms with E-state index < -0.39 is 11.7 Å². The number of nitrogens with one attached hydrogen (secondary N) is 1. The zero-order valence-electron chi connectivity index (χ0n) is 10.6. The number of hydrogen-bond donors (Lipinski definition) is 2. The molecule has 0 spiro atoms. The third-order valence-electron chi connectivity index (χ3n) is 2.81. The van der Waals surface area contributed by atoms with Gasteiger partial charge in [0.25, 0.3) is 5.91 Å². The number of hydrogen-bond acceptors (Lipinski definition) is 2. The van der Waals surface area contributed by atoms with Gasteiger partial charge >= 0.3 is 0 Å². The highest BCUT2D eigenvalue weighted by Crippen LogP contribution is 2.21. The van der Waals surface area contributed by atoms with Crippen LogP contribution in [0.15, 0.2) is 42.5 Å². The predicted octanol–water partition coefficient (Wildman–Crippen LogP) is 3.27. The first kappa shape index (κ1) is 14.5. The summed E-state index contributed by atoms with van der Waals surface area (Å²) >= 11 is 5.76. The maximum atomic E-state index is 13.3. The summed E-state index contributed by atoms with van der Waals surface area (Å²) in [5, 5.41) is 11.3. The first-order valence-corrected chi connectivity index (χ1v) is 6.45. The Morgan fingerprint density at radius 3 is 2.55 bits per heavy atom. The normalized spacial score (nSPS) is 10.3. The van der Waals surface area contributed by atoms with Crippen molar-refractivity contribution in [3.63, 3.8) is 0 Å². The molecule has 104 valence electrons. The van der Waals surface area contributed by atoms with Crippen molar-refractivity contribution in [1.29, 1.82) is 0 Å². The quantitative estimate of drug-likeness (QED) is 0.909. The minimum atomic E-state index is -0.627. The predicted molar refractivity (Wildman–Crippen MR) is 76.6 cm³/mol. The lowest BCUT2D eigenvalue weighted by atomic mass is 10.1. The lowest BCUT2D eigenvalue weighted by Gasteiger charge is -2.08. The molecule has 0 aliphatic rings. The molecule has 0 atom stereocenters. The standard InChI is InChI=1S/C15H13ClFNO2/c16-14-12(2-1-3-13(14)17)15(20)18-11-6-4-10(5-7-11)8-9-19/h1-7,19H,8-9H2,(H,18,20). The van der Waals surface area contributed by atoms with Gasteiger partial charge < -0.3 is 10.4 Å². The van der Waals surface area contributed by atoms with Crippen molar-refractivity contribution in [2.45, 2.75) is 6.42 Å². The highest BCUT2D eigenvalue weighted by atomic mass is 35.5. The molecule has 2 aromatic rings. The molecule has 0 fully saturated rings. The Hall–Kier alpha value is -1.91. The number of carbonyl (C=O) groups excluding carboxylic acids is 1. The molecule has 0 unspecified atom stereocenters. The summed E-state index contributed by atoms with van der Waals surface area (Å²) in [7, 11) is 0. The van der Waals surface area contributed by atoms with Gasteiger partial charge in [0.1, 0.15) is 5.82 Å². The molecule has 0 saturated heterocycles. The van der Waals surface area contributed by atoms with Crippen LogP contribution in [-0.4, -0.2) is 17.6 Å². The smallest absolute Gasteiger partial charge is 0.257 e. The van der Waals surface area contributed by atoms with Crippen molar-refractivity contribution in [2.24, 2.45) is 0 Å². The van der Waals surface area contributed by atoms with Gasteiger partial charge in [-0.1, -0.05) is 29.8 Å². The second-order valence-electron chi connectivity index (χ2n) is 4.23. The minimum absolute atomic E-state index is 0.0740. The Balaban J connectivity index is 2.13. The van der Waals surface area contributed by atoms with E-state index in [9.17, 15) is 9.18 Å². The average molecular weight is 294 g/mol. The van der Waals surface area contributed by atoms with E-state index in [0.717, 1.165) is 5.56 Å². The van der Waals surface area contributed by atoms with E-state index in [0.29, 0.717) is 12.1 Å². The lowest BCUT2D eigenvalue weighted by molar-refractivity contribution is 0.102. The molecule has 0 aliphatic carbocycles. The molecule has 2 aromatic carbocycles. The molecule has 0 saturated carbocycles. The maximum absolute atomic E-state index is 13.3. The van der Waals surface area contributed by atoms with Crippen molar-refractivity contribution in [3.05, 3.63) is 64.4 Å². The van der Waals surface area contributed by atoms with Crippen molar-refractivity contribution in [3.8, 4) is 0 Å². The van der Waals surface area contributed by atoms with Crippen LogP contribution < -0.4 is 5.32 Å². The molecule has 2 rings (SSSR count). The zero-order chi connectivity index (χ0) is 14.5. The van der Waals surface area contributed by atoms with Crippen LogP contribution >= 0.6 is 11.6 Å². The van der Waals surface area contributed by atoms with Crippen LogP contribution in [-0.2, 0) is 6.42 Å². The topological polar surface area (TPSA) is 49.3 Å². The van der Waals surface area contributed by atoms with Gasteiger partial charge in [-0.25, -0.2) is 4.39 Å². The molecule has 1 amide bonds. The van der Waals surface area contributed by atoms with E-state index >= 15 is 0 Å². The molecule has 3 nitrogen and oxygen atoms in total. The molecular weight excluding hydrogens is 281 g/mol. The summed E-state index contributed by atoms with van der Waals surface area (Å²) in [6.45, 7) is 0.0740. The van der Waals surface area contributed by atoms with Gasteiger partial charge in [-0.15, -0.1) is 0 Å². The van der Waals surface area contributed by atoms with Crippen molar-refractivity contribution < 1.29 is 14.3 Å². The van der Waals surface area contributed by atoms with Crippen LogP contribution in [0.4, 0.5) is 10.1 Å². The van der Waals surface area contributed by atoms with E-state index in [-0.39, 0.29) is 17.2 Å². The second-order valence-corrected chi connectivity index (χ2v) is 4.60. The van der Waals surface area contributed by atoms with Crippen molar-refractivity contribution >= 4 is 23.2 Å². The van der Waals surface area contributed by atoms with Crippen LogP contribution in [0, 0.1) is 5.82 Å². The summed E-state index contributed by atoms with van der Waals surface area (Å²) < 4.78 is 13.3. The first-order chi connectivity index (χ1) is 9.61. The molecule has 0 heterocycles. The molecule has 5 heteroatoms. The van der Waals surface area contributed by atoms with Gasteiger partial charge in [-0.05, 0) is 36.2 Å². The minimum Gasteiger partial charge on any atom is -0.396 e. The van der Waals surface area contributed by atoms with Crippen LogP contribution in [0.2, 0.25) is 5.02 Å². The highest BCUT2D eigenvalue weighted by Gasteiger charge is 2.13. The van der Waals surface area contributed by atoms with E-state index in [1.54, 1.807) is 24.3 Å². The van der Waals surface area contributed by atoms with Crippen LogP contribution in [0.1, 0.15) is 15.9 Å². The molecule has 20 heavy (non-hydrogen) atoms. The third-order valence-corrected chi connectivity index (χ3v) is 3.19. The van der Waals surface area contributed by atoms with Gasteiger partial charge in [0.15, 0.2) is 0 Å². The van der Waals surface area contributed by atoms with E-state index in [1.165, 1.54) is 18.2 Å². The summed E-state index contributed by atoms with van der Waals surface area (Å²) in [5.74, 6) is -1.10. The number of aliphatic hydroxyl groups is 1. The largest absolute Gasteiger partial charge is 0.396 e. The Labute approximate surface area is 121 Å². The van der Waals surface area contributed by atoms with E-state index in [1.807, 2.05) is 0 Å². The number of anilines is 1. The first-order valence-electron chi connectivity index (χ1n) is 6.07. The van der Waals surface area contributed by atoms with E-state index in [2.05, 4.69) is 5.32 Å². The molecule has 0 aromatic heterocycles. The Morgan fingerprint density at radius 2 is 1.90 bits per heavy atom. The summed E-state index contributed by atoms with van der Waals surface area (Å²) in [4.78, 5) is 12.0. The number of benzene rings is 2. The third kappa shape index (κ3) is 3.35. The van der Waals surface area contributed by atoms with Gasteiger partial charge in [0, 0.05) is 12.3 Å². The fourth-order valence-electron chi connectivity index (χ4n) is 1.76. The molecular formula is C15H13ClFNO2. The Morgan fingerprint density at radius 1 is 1.20 bits per heavy atom. The van der Waals surface area contributed by atoms with Crippen LogP contribution in [0.5, 0.6) is 0 Å². The summed E-state index contributed by atoms with van der Waals surface area (Å²) in [5.41, 5.74) is 1.64. The SMILES string of the molecule is O=C(Nc1ccc(CCO)cc1)c1cccc(F)c1Cl. The van der Waals surface area contributed by atoms with Crippen molar-refractivity contribution in [2.75, 3.05) is 11.9 Å². The van der Waals surface area contributed by atoms with Crippen molar-refractivity contribution in [1.82, 2.24) is 0 Å². The lowest BCUT2D eigenvalue weighted by Crippen LogP contribution is -2.13. The Kier molecular flexibility index (Phi) is 4.71. The van der Waals surface area contributed by atoms with Gasteiger partial charge in [-0.3, -0.25) is 4.79 Å². The number of halogens is 2. The maximum Gasteiger partial charge on any atom is 0.257 e. The van der Waals surface area contributed by atoms with Gasteiger partial charge in [-0.2, -0.15) is 0 Å². The molecule has 0 radical (unpaired) electrons. The van der Waals surface area contributed by atoms with Crippen LogP contribution in [0.25, 0.3) is 0 Å². The Bertz CT molecular complexity index is 614. The zero-order valence-corrected chi connectivity index (χ0v) is 11.3. The van der Waals surface area contributed by atoms with E-state index in [4.69, 9.17) is 16.7 Å². The molecule has 0 bridgehead atoms. The number of rotatable bonds is 4.